The number of carboxylic acids is 1. The highest BCUT2D eigenvalue weighted by Crippen LogP contribution is 2.14. The van der Waals surface area contributed by atoms with Crippen molar-refractivity contribution in [1.82, 2.24) is 5.32 Å². The minimum absolute atomic E-state index is 0.0790. The van der Waals surface area contributed by atoms with Crippen molar-refractivity contribution in [3.63, 3.8) is 0 Å². The average molecular weight is 265 g/mol. The van der Waals surface area contributed by atoms with Crippen LogP contribution in [-0.2, 0) is 16.1 Å². The number of aliphatic carboxylic acids is 1. The first-order valence-corrected chi connectivity index (χ1v) is 5.96. The second kappa shape index (κ2) is 6.33. The van der Waals surface area contributed by atoms with Gasteiger partial charge < -0.3 is 15.2 Å². The molecule has 0 aromatic heterocycles. The van der Waals surface area contributed by atoms with E-state index in [0.29, 0.717) is 12.2 Å². The predicted octanol–water partition coefficient (Wildman–Crippen LogP) is 1.67. The third-order valence-corrected chi connectivity index (χ3v) is 2.77. The molecule has 0 spiro atoms. The fourth-order valence-electron chi connectivity index (χ4n) is 1.45. The Labute approximate surface area is 112 Å². The van der Waals surface area contributed by atoms with Gasteiger partial charge in [0, 0.05) is 19.2 Å². The van der Waals surface area contributed by atoms with Crippen molar-refractivity contribution in [1.29, 1.82) is 0 Å². The third kappa shape index (κ3) is 4.37. The topological polar surface area (TPSA) is 75.6 Å². The number of benzene rings is 1. The largest absolute Gasteiger partial charge is 0.481 e. The van der Waals surface area contributed by atoms with Crippen LogP contribution >= 0.6 is 0 Å². The number of rotatable bonds is 6. The lowest BCUT2D eigenvalue weighted by molar-refractivity contribution is -0.146. The van der Waals surface area contributed by atoms with E-state index in [4.69, 9.17) is 9.84 Å². The number of carboxylic acid groups (broad SMARTS) is 1. The van der Waals surface area contributed by atoms with Crippen LogP contribution in [0.5, 0.6) is 0 Å². The Morgan fingerprint density at radius 2 is 2.05 bits per heavy atom. The lowest BCUT2D eigenvalue weighted by Crippen LogP contribution is -2.38. The smallest absolute Gasteiger partial charge is 0.310 e. The molecule has 0 saturated carbocycles. The fraction of sp³-hybridized carbons (Fsp3) is 0.429. The molecule has 0 heterocycles. The first kappa shape index (κ1) is 15.2. The van der Waals surface area contributed by atoms with E-state index in [-0.39, 0.29) is 12.5 Å². The van der Waals surface area contributed by atoms with Gasteiger partial charge in [-0.3, -0.25) is 9.59 Å². The van der Waals surface area contributed by atoms with E-state index < -0.39 is 11.4 Å². The summed E-state index contributed by atoms with van der Waals surface area (Å²) in [5.41, 5.74) is 0.406. The van der Waals surface area contributed by atoms with Gasteiger partial charge in [-0.25, -0.2) is 0 Å². The monoisotopic (exact) mass is 265 g/mol. The third-order valence-electron chi connectivity index (χ3n) is 2.77. The van der Waals surface area contributed by atoms with Crippen molar-refractivity contribution >= 4 is 11.9 Å². The van der Waals surface area contributed by atoms with Crippen LogP contribution < -0.4 is 5.32 Å². The van der Waals surface area contributed by atoms with Crippen LogP contribution in [0.25, 0.3) is 0 Å². The van der Waals surface area contributed by atoms with E-state index in [1.807, 2.05) is 6.07 Å². The Balaban J connectivity index is 2.68. The van der Waals surface area contributed by atoms with Crippen molar-refractivity contribution in [2.45, 2.75) is 20.5 Å². The summed E-state index contributed by atoms with van der Waals surface area (Å²) in [6, 6.07) is 7.04. The zero-order valence-corrected chi connectivity index (χ0v) is 11.4. The summed E-state index contributed by atoms with van der Waals surface area (Å²) in [5.74, 6) is -1.23. The van der Waals surface area contributed by atoms with Gasteiger partial charge in [0.15, 0.2) is 0 Å². The molecule has 1 aromatic rings. The molecule has 0 unspecified atom stereocenters. The van der Waals surface area contributed by atoms with Crippen molar-refractivity contribution in [3.8, 4) is 0 Å². The van der Waals surface area contributed by atoms with Gasteiger partial charge in [-0.15, -0.1) is 0 Å². The second-order valence-corrected chi connectivity index (χ2v) is 5.01. The average Bonchev–Trinajstić information content (AvgIpc) is 2.36. The standard InChI is InChI=1S/C14H19NO4/c1-14(2,13(17)18)9-15-12(16)11-6-4-5-10(7-11)8-19-3/h4-7H,8-9H2,1-3H3,(H,15,16)(H,17,18). The second-order valence-electron chi connectivity index (χ2n) is 5.01. The molecule has 5 nitrogen and oxygen atoms in total. The minimum atomic E-state index is -0.986. The molecule has 0 radical (unpaired) electrons. The molecule has 1 aromatic carbocycles. The normalized spacial score (nSPS) is 11.1. The van der Waals surface area contributed by atoms with E-state index in [9.17, 15) is 9.59 Å². The maximum Gasteiger partial charge on any atom is 0.310 e. The lowest BCUT2D eigenvalue weighted by Gasteiger charge is -2.19. The molecule has 0 aliphatic rings. The van der Waals surface area contributed by atoms with Gasteiger partial charge in [-0.05, 0) is 31.5 Å². The molecule has 1 rings (SSSR count). The van der Waals surface area contributed by atoms with Crippen molar-refractivity contribution in [3.05, 3.63) is 35.4 Å². The maximum absolute atomic E-state index is 11.9. The molecule has 0 fully saturated rings. The number of amides is 1. The number of hydrogen-bond acceptors (Lipinski definition) is 3. The number of carbonyl (C=O) groups excluding carboxylic acids is 1. The van der Waals surface area contributed by atoms with Gasteiger partial charge in [-0.1, -0.05) is 12.1 Å². The van der Waals surface area contributed by atoms with Gasteiger partial charge in [0.1, 0.15) is 0 Å². The highest BCUT2D eigenvalue weighted by molar-refractivity contribution is 5.94. The lowest BCUT2D eigenvalue weighted by atomic mass is 9.94. The van der Waals surface area contributed by atoms with Crippen LogP contribution in [0.1, 0.15) is 29.8 Å². The first-order chi connectivity index (χ1) is 8.86. The van der Waals surface area contributed by atoms with E-state index in [1.165, 1.54) is 0 Å². The van der Waals surface area contributed by atoms with E-state index in [1.54, 1.807) is 39.2 Å². The zero-order valence-electron chi connectivity index (χ0n) is 11.4. The minimum Gasteiger partial charge on any atom is -0.481 e. The van der Waals surface area contributed by atoms with Gasteiger partial charge >= 0.3 is 5.97 Å². The molecule has 0 aliphatic carbocycles. The summed E-state index contributed by atoms with van der Waals surface area (Å²) in [6.07, 6.45) is 0. The van der Waals surface area contributed by atoms with Crippen LogP contribution in [0.4, 0.5) is 0 Å². The number of ether oxygens (including phenoxy) is 1. The molecule has 19 heavy (non-hydrogen) atoms. The molecular formula is C14H19NO4. The SMILES string of the molecule is COCc1cccc(C(=O)NCC(C)(C)C(=O)O)c1. The van der Waals surface area contributed by atoms with Crippen LogP contribution in [0.15, 0.2) is 24.3 Å². The molecule has 5 heteroatoms. The summed E-state index contributed by atoms with van der Waals surface area (Å²) in [5, 5.41) is 11.6. The molecular weight excluding hydrogens is 246 g/mol. The molecule has 0 aliphatic heterocycles. The Hall–Kier alpha value is -1.88. The highest BCUT2D eigenvalue weighted by atomic mass is 16.5. The van der Waals surface area contributed by atoms with Gasteiger partial charge in [0.05, 0.1) is 12.0 Å². The molecule has 0 atom stereocenters. The van der Waals surface area contributed by atoms with E-state index >= 15 is 0 Å². The predicted molar refractivity (Wildman–Crippen MR) is 70.9 cm³/mol. The summed E-state index contributed by atoms with van der Waals surface area (Å²) in [7, 11) is 1.59. The summed E-state index contributed by atoms with van der Waals surface area (Å²) in [6.45, 7) is 3.64. The number of methoxy groups -OCH3 is 1. The Bertz CT molecular complexity index is 468. The summed E-state index contributed by atoms with van der Waals surface area (Å²) >= 11 is 0. The van der Waals surface area contributed by atoms with Crippen LogP contribution in [0.2, 0.25) is 0 Å². The van der Waals surface area contributed by atoms with E-state index in [0.717, 1.165) is 5.56 Å². The molecule has 2 N–H and O–H groups in total. The zero-order chi connectivity index (χ0) is 14.5. The number of nitrogens with one attached hydrogen (secondary N) is 1. The summed E-state index contributed by atoms with van der Waals surface area (Å²) < 4.78 is 5.00. The number of hydrogen-bond donors (Lipinski definition) is 2. The van der Waals surface area contributed by atoms with Crippen molar-refractivity contribution in [2.75, 3.05) is 13.7 Å². The van der Waals surface area contributed by atoms with Crippen LogP contribution in [0.3, 0.4) is 0 Å². The van der Waals surface area contributed by atoms with Crippen LogP contribution in [0, 0.1) is 5.41 Å². The molecule has 104 valence electrons. The molecule has 0 saturated heterocycles. The fourth-order valence-corrected chi connectivity index (χ4v) is 1.45. The van der Waals surface area contributed by atoms with Gasteiger partial charge in [-0.2, -0.15) is 0 Å². The Morgan fingerprint density at radius 3 is 2.63 bits per heavy atom. The first-order valence-electron chi connectivity index (χ1n) is 5.96. The van der Waals surface area contributed by atoms with Crippen molar-refractivity contribution in [2.24, 2.45) is 5.41 Å². The van der Waals surface area contributed by atoms with Crippen molar-refractivity contribution < 1.29 is 19.4 Å². The Morgan fingerprint density at radius 1 is 1.37 bits per heavy atom. The maximum atomic E-state index is 11.9. The van der Waals surface area contributed by atoms with Gasteiger partial charge in [0.2, 0.25) is 0 Å². The van der Waals surface area contributed by atoms with Gasteiger partial charge in [0.25, 0.3) is 5.91 Å². The molecule has 0 bridgehead atoms. The van der Waals surface area contributed by atoms with Crippen LogP contribution in [-0.4, -0.2) is 30.6 Å². The Kier molecular flexibility index (Phi) is 5.06. The summed E-state index contributed by atoms with van der Waals surface area (Å²) in [4.78, 5) is 22.9. The quantitative estimate of drug-likeness (QED) is 0.820. The highest BCUT2D eigenvalue weighted by Gasteiger charge is 2.27. The molecule has 1 amide bonds. The number of carbonyl (C=O) groups is 2. The van der Waals surface area contributed by atoms with E-state index in [2.05, 4.69) is 5.32 Å².